The molecule has 0 aliphatic carbocycles. The van der Waals surface area contributed by atoms with Crippen molar-refractivity contribution in [2.24, 2.45) is 5.73 Å². The van der Waals surface area contributed by atoms with Crippen molar-refractivity contribution in [1.29, 1.82) is 0 Å². The Morgan fingerprint density at radius 1 is 1.50 bits per heavy atom. The van der Waals surface area contributed by atoms with E-state index < -0.39 is 0 Å². The van der Waals surface area contributed by atoms with Gasteiger partial charge in [0.1, 0.15) is 0 Å². The van der Waals surface area contributed by atoms with Gasteiger partial charge in [0.25, 0.3) is 0 Å². The topological polar surface area (TPSA) is 84.1 Å². The lowest BCUT2D eigenvalue weighted by Crippen LogP contribution is -2.44. The second kappa shape index (κ2) is 4.38. The molecule has 2 amide bonds. The molecule has 3 heterocycles. The molecule has 0 radical (unpaired) electrons. The molecule has 6 heteroatoms. The Balaban J connectivity index is 1.85. The minimum absolute atomic E-state index is 0.0317. The summed E-state index contributed by atoms with van der Waals surface area (Å²) in [6.45, 7) is 2.34. The molecule has 3 N–H and O–H groups in total. The highest BCUT2D eigenvalue weighted by Crippen LogP contribution is 2.28. The molecule has 3 rings (SSSR count). The fraction of sp³-hybridized carbons (Fsp3) is 0.417. The van der Waals surface area contributed by atoms with Gasteiger partial charge in [-0.15, -0.1) is 0 Å². The smallest absolute Gasteiger partial charge is 0.315 e. The van der Waals surface area contributed by atoms with Crippen LogP contribution in [-0.4, -0.2) is 46.6 Å². The number of amides is 2. The molecule has 6 nitrogen and oxygen atoms in total. The molecule has 0 fully saturated rings. The van der Waals surface area contributed by atoms with Gasteiger partial charge in [-0.1, -0.05) is 0 Å². The molecule has 0 spiro atoms. The van der Waals surface area contributed by atoms with Gasteiger partial charge < -0.3 is 16.0 Å². The summed E-state index contributed by atoms with van der Waals surface area (Å²) in [6.07, 6.45) is 5.73. The van der Waals surface area contributed by atoms with E-state index in [1.807, 2.05) is 0 Å². The minimum Gasteiger partial charge on any atom is -0.351 e. The predicted molar refractivity (Wildman–Crippen MR) is 65.7 cm³/mol. The van der Waals surface area contributed by atoms with E-state index in [1.165, 1.54) is 11.1 Å². The Bertz CT molecular complexity index is 498. The Hall–Kier alpha value is -1.95. The number of hydrogen-bond acceptors (Lipinski definition) is 4. The van der Waals surface area contributed by atoms with Crippen molar-refractivity contribution < 1.29 is 4.79 Å². The zero-order chi connectivity index (χ0) is 12.5. The Labute approximate surface area is 105 Å². The summed E-state index contributed by atoms with van der Waals surface area (Å²) >= 11 is 0. The number of carbonyl (C=O) groups excluding carboxylic acids is 1. The van der Waals surface area contributed by atoms with Gasteiger partial charge in [-0.25, -0.2) is 4.79 Å². The third kappa shape index (κ3) is 1.84. The molecular formula is C12H15N5O. The predicted octanol–water partition coefficient (Wildman–Crippen LogP) is -0.318. The van der Waals surface area contributed by atoms with Gasteiger partial charge in [-0.3, -0.25) is 9.97 Å². The number of urea groups is 1. The van der Waals surface area contributed by atoms with Crippen LogP contribution in [-0.2, 0) is 6.42 Å². The number of rotatable bonds is 2. The standard InChI is InChI=1S/C12H15N5O/c13-12(18)17-7-8-4-15-6-10(8)11(17)3-9-5-14-1-2-16-9/h1-2,5,11,15H,3-4,6-7H2,(H2,13,18). The quantitative estimate of drug-likeness (QED) is 0.699. The Morgan fingerprint density at radius 2 is 2.39 bits per heavy atom. The molecular weight excluding hydrogens is 230 g/mol. The minimum atomic E-state index is -0.363. The lowest BCUT2D eigenvalue weighted by atomic mass is 10.0. The number of carbonyl (C=O) groups is 1. The lowest BCUT2D eigenvalue weighted by Gasteiger charge is -2.25. The molecule has 1 aromatic rings. The highest BCUT2D eigenvalue weighted by Gasteiger charge is 2.36. The van der Waals surface area contributed by atoms with E-state index in [4.69, 9.17) is 5.73 Å². The average molecular weight is 245 g/mol. The summed E-state index contributed by atoms with van der Waals surface area (Å²) in [4.78, 5) is 21.5. The molecule has 0 saturated heterocycles. The van der Waals surface area contributed by atoms with E-state index in [1.54, 1.807) is 23.5 Å². The van der Waals surface area contributed by atoms with Gasteiger partial charge in [-0.05, 0) is 11.1 Å². The maximum Gasteiger partial charge on any atom is 0.315 e. The first-order chi connectivity index (χ1) is 8.75. The van der Waals surface area contributed by atoms with Crippen LogP contribution in [0.2, 0.25) is 0 Å². The molecule has 2 aliphatic rings. The van der Waals surface area contributed by atoms with Crippen LogP contribution in [0, 0.1) is 0 Å². The van der Waals surface area contributed by atoms with Crippen LogP contribution in [0.15, 0.2) is 29.7 Å². The van der Waals surface area contributed by atoms with Crippen LogP contribution < -0.4 is 11.1 Å². The summed E-state index contributed by atoms with van der Waals surface area (Å²) < 4.78 is 0. The maximum absolute atomic E-state index is 11.5. The van der Waals surface area contributed by atoms with Crippen molar-refractivity contribution in [3.8, 4) is 0 Å². The summed E-state index contributed by atoms with van der Waals surface area (Å²) in [6, 6.07) is -0.331. The zero-order valence-corrected chi connectivity index (χ0v) is 9.97. The fourth-order valence-electron chi connectivity index (χ4n) is 2.70. The fourth-order valence-corrected chi connectivity index (χ4v) is 2.70. The van der Waals surface area contributed by atoms with Gasteiger partial charge in [0.05, 0.1) is 11.7 Å². The van der Waals surface area contributed by atoms with E-state index in [0.29, 0.717) is 13.0 Å². The highest BCUT2D eigenvalue weighted by molar-refractivity contribution is 5.74. The van der Waals surface area contributed by atoms with E-state index in [-0.39, 0.29) is 12.1 Å². The molecule has 1 atom stereocenters. The van der Waals surface area contributed by atoms with Gasteiger partial charge in [0.2, 0.25) is 0 Å². The monoisotopic (exact) mass is 245 g/mol. The van der Waals surface area contributed by atoms with E-state index >= 15 is 0 Å². The number of nitrogens with zero attached hydrogens (tertiary/aromatic N) is 3. The van der Waals surface area contributed by atoms with Gasteiger partial charge in [0, 0.05) is 44.6 Å². The first-order valence-corrected chi connectivity index (χ1v) is 5.98. The third-order valence-corrected chi connectivity index (χ3v) is 3.55. The normalized spacial score (nSPS) is 22.4. The average Bonchev–Trinajstić information content (AvgIpc) is 2.93. The van der Waals surface area contributed by atoms with Gasteiger partial charge in [-0.2, -0.15) is 0 Å². The van der Waals surface area contributed by atoms with E-state index in [2.05, 4.69) is 15.3 Å². The molecule has 0 aromatic carbocycles. The molecule has 1 aromatic heterocycles. The highest BCUT2D eigenvalue weighted by atomic mass is 16.2. The Morgan fingerprint density at radius 3 is 3.11 bits per heavy atom. The molecule has 2 aliphatic heterocycles. The first kappa shape index (κ1) is 11.2. The van der Waals surface area contributed by atoms with Crippen molar-refractivity contribution in [2.75, 3.05) is 19.6 Å². The molecule has 94 valence electrons. The van der Waals surface area contributed by atoms with Crippen LogP contribution in [0.4, 0.5) is 4.79 Å². The first-order valence-electron chi connectivity index (χ1n) is 5.98. The van der Waals surface area contributed by atoms with Crippen molar-refractivity contribution in [3.05, 3.63) is 35.4 Å². The summed E-state index contributed by atoms with van der Waals surface area (Å²) in [5.74, 6) is 0. The SMILES string of the molecule is NC(=O)N1CC2=C(CNC2)C1Cc1cnccn1. The Kier molecular flexibility index (Phi) is 2.71. The second-order valence-electron chi connectivity index (χ2n) is 4.62. The molecule has 1 unspecified atom stereocenters. The van der Waals surface area contributed by atoms with Crippen LogP contribution in [0.1, 0.15) is 5.69 Å². The number of nitrogens with one attached hydrogen (secondary N) is 1. The maximum atomic E-state index is 11.5. The number of nitrogens with two attached hydrogens (primary N) is 1. The molecule has 18 heavy (non-hydrogen) atoms. The summed E-state index contributed by atoms with van der Waals surface area (Å²) in [5.41, 5.74) is 8.92. The van der Waals surface area contributed by atoms with Crippen LogP contribution in [0.5, 0.6) is 0 Å². The number of hydrogen-bond donors (Lipinski definition) is 2. The second-order valence-corrected chi connectivity index (χ2v) is 4.62. The van der Waals surface area contributed by atoms with Crippen LogP contribution >= 0.6 is 0 Å². The number of aromatic nitrogens is 2. The lowest BCUT2D eigenvalue weighted by molar-refractivity contribution is 0.203. The van der Waals surface area contributed by atoms with Crippen LogP contribution in [0.25, 0.3) is 0 Å². The molecule has 0 bridgehead atoms. The number of primary amides is 1. The zero-order valence-electron chi connectivity index (χ0n) is 9.97. The van der Waals surface area contributed by atoms with Gasteiger partial charge in [0.15, 0.2) is 0 Å². The van der Waals surface area contributed by atoms with Gasteiger partial charge >= 0.3 is 6.03 Å². The van der Waals surface area contributed by atoms with Crippen molar-refractivity contribution >= 4 is 6.03 Å². The van der Waals surface area contributed by atoms with Crippen molar-refractivity contribution in [1.82, 2.24) is 20.2 Å². The largest absolute Gasteiger partial charge is 0.351 e. The van der Waals surface area contributed by atoms with Crippen molar-refractivity contribution in [3.63, 3.8) is 0 Å². The molecule has 0 saturated carbocycles. The van der Waals surface area contributed by atoms with Crippen LogP contribution in [0.3, 0.4) is 0 Å². The van der Waals surface area contributed by atoms with E-state index in [0.717, 1.165) is 18.8 Å². The summed E-state index contributed by atoms with van der Waals surface area (Å²) in [5, 5.41) is 3.31. The van der Waals surface area contributed by atoms with Crippen molar-refractivity contribution in [2.45, 2.75) is 12.5 Å². The third-order valence-electron chi connectivity index (χ3n) is 3.55. The van der Waals surface area contributed by atoms with E-state index in [9.17, 15) is 4.79 Å². The summed E-state index contributed by atoms with van der Waals surface area (Å²) in [7, 11) is 0.